The first-order chi connectivity index (χ1) is 12.9. The molecule has 0 heterocycles. The van der Waals surface area contributed by atoms with Crippen LogP contribution in [0.2, 0.25) is 0 Å². The van der Waals surface area contributed by atoms with Crippen LogP contribution in [0.15, 0.2) is 59.5 Å². The first-order valence-electron chi connectivity index (χ1n) is 9.19. The van der Waals surface area contributed by atoms with Gasteiger partial charge >= 0.3 is 0 Å². The molecule has 0 radical (unpaired) electrons. The van der Waals surface area contributed by atoms with Gasteiger partial charge in [-0.05, 0) is 36.2 Å². The number of anilines is 1. The zero-order valence-electron chi connectivity index (χ0n) is 16.2. The van der Waals surface area contributed by atoms with E-state index in [9.17, 15) is 13.2 Å². The van der Waals surface area contributed by atoms with E-state index < -0.39 is 15.1 Å². The Labute approximate surface area is 162 Å². The van der Waals surface area contributed by atoms with Gasteiger partial charge in [0.15, 0.2) is 9.84 Å². The van der Waals surface area contributed by atoms with E-state index >= 15 is 0 Å². The van der Waals surface area contributed by atoms with Gasteiger partial charge in [-0.15, -0.1) is 0 Å². The van der Waals surface area contributed by atoms with Gasteiger partial charge in [-0.2, -0.15) is 0 Å². The highest BCUT2D eigenvalue weighted by atomic mass is 32.2. The van der Waals surface area contributed by atoms with Crippen molar-refractivity contribution in [2.75, 3.05) is 25.5 Å². The fourth-order valence-corrected chi connectivity index (χ4v) is 4.48. The van der Waals surface area contributed by atoms with Crippen molar-refractivity contribution in [3.8, 4) is 0 Å². The highest BCUT2D eigenvalue weighted by Gasteiger charge is 2.29. The van der Waals surface area contributed by atoms with Gasteiger partial charge in [0.2, 0.25) is 5.91 Å². The second kappa shape index (κ2) is 9.55. The van der Waals surface area contributed by atoms with Crippen LogP contribution in [-0.2, 0) is 14.6 Å². The smallest absolute Gasteiger partial charge is 0.220 e. The first-order valence-corrected chi connectivity index (χ1v) is 10.7. The van der Waals surface area contributed by atoms with Crippen LogP contribution in [0.4, 0.5) is 5.69 Å². The molecular formula is C21H28N2O3S. The summed E-state index contributed by atoms with van der Waals surface area (Å²) in [6.45, 7) is 2.07. The fraction of sp³-hybridized carbons (Fsp3) is 0.381. The number of sulfone groups is 1. The van der Waals surface area contributed by atoms with E-state index in [1.165, 1.54) is 0 Å². The Morgan fingerprint density at radius 1 is 1.04 bits per heavy atom. The molecular weight excluding hydrogens is 360 g/mol. The number of carbonyl (C=O) groups is 1. The van der Waals surface area contributed by atoms with Crippen molar-refractivity contribution >= 4 is 21.4 Å². The lowest BCUT2D eigenvalue weighted by Crippen LogP contribution is -2.31. The third kappa shape index (κ3) is 5.57. The monoisotopic (exact) mass is 388 g/mol. The Morgan fingerprint density at radius 3 is 2.22 bits per heavy atom. The van der Waals surface area contributed by atoms with E-state index in [4.69, 9.17) is 0 Å². The molecule has 146 valence electrons. The minimum Gasteiger partial charge on any atom is -0.378 e. The van der Waals surface area contributed by atoms with Crippen LogP contribution in [0, 0.1) is 0 Å². The molecule has 2 aromatic rings. The van der Waals surface area contributed by atoms with Crippen molar-refractivity contribution in [3.05, 3.63) is 60.2 Å². The Bertz CT molecular complexity index is 831. The van der Waals surface area contributed by atoms with Crippen molar-refractivity contribution in [1.82, 2.24) is 5.32 Å². The maximum atomic E-state index is 13.2. The van der Waals surface area contributed by atoms with Crippen molar-refractivity contribution in [2.45, 2.75) is 36.3 Å². The molecule has 1 N–H and O–H groups in total. The molecule has 6 heteroatoms. The summed E-state index contributed by atoms with van der Waals surface area (Å²) in [7, 11) is 0.232. The zero-order chi connectivity index (χ0) is 19.9. The van der Waals surface area contributed by atoms with E-state index in [0.717, 1.165) is 18.5 Å². The molecule has 0 bridgehead atoms. The maximum absolute atomic E-state index is 13.2. The standard InChI is InChI=1S/C21H28N2O3S/c1-4-5-11-21(24)22-16-20(17-12-14-18(15-13-17)23(2)3)27(25,26)19-9-7-6-8-10-19/h6-10,12-15,20H,4-5,11,16H2,1-3H3,(H,22,24)/t20-/m0/s1. The molecule has 0 aliphatic rings. The molecule has 0 fully saturated rings. The van der Waals surface area contributed by atoms with Gasteiger partial charge in [0.05, 0.1) is 4.90 Å². The number of hydrogen-bond donors (Lipinski definition) is 1. The van der Waals surface area contributed by atoms with Crippen LogP contribution in [0.3, 0.4) is 0 Å². The Kier molecular flexibility index (Phi) is 7.42. The van der Waals surface area contributed by atoms with Gasteiger partial charge in [0.25, 0.3) is 0 Å². The summed E-state index contributed by atoms with van der Waals surface area (Å²) >= 11 is 0. The van der Waals surface area contributed by atoms with E-state index in [2.05, 4.69) is 5.32 Å². The van der Waals surface area contributed by atoms with Gasteiger partial charge < -0.3 is 10.2 Å². The number of carbonyl (C=O) groups excluding carboxylic acids is 1. The number of benzene rings is 2. The number of nitrogens with zero attached hydrogens (tertiary/aromatic N) is 1. The number of nitrogens with one attached hydrogen (secondary N) is 1. The van der Waals surface area contributed by atoms with Crippen molar-refractivity contribution in [1.29, 1.82) is 0 Å². The van der Waals surface area contributed by atoms with Gasteiger partial charge in [0.1, 0.15) is 5.25 Å². The lowest BCUT2D eigenvalue weighted by atomic mass is 10.1. The maximum Gasteiger partial charge on any atom is 0.220 e. The Morgan fingerprint density at radius 2 is 1.67 bits per heavy atom. The third-order valence-corrected chi connectivity index (χ3v) is 6.59. The van der Waals surface area contributed by atoms with Gasteiger partial charge in [-0.25, -0.2) is 8.42 Å². The highest BCUT2D eigenvalue weighted by Crippen LogP contribution is 2.29. The van der Waals surface area contributed by atoms with Crippen LogP contribution in [0.25, 0.3) is 0 Å². The lowest BCUT2D eigenvalue weighted by molar-refractivity contribution is -0.121. The van der Waals surface area contributed by atoms with Crippen LogP contribution in [0.5, 0.6) is 0 Å². The first kappa shape index (κ1) is 21.0. The van der Waals surface area contributed by atoms with E-state index in [1.807, 2.05) is 50.2 Å². The summed E-state index contributed by atoms with van der Waals surface area (Å²) in [6, 6.07) is 15.8. The minimum atomic E-state index is -3.63. The average Bonchev–Trinajstić information content (AvgIpc) is 2.67. The largest absolute Gasteiger partial charge is 0.378 e. The summed E-state index contributed by atoms with van der Waals surface area (Å²) in [6.07, 6.45) is 2.12. The number of rotatable bonds is 9. The van der Waals surface area contributed by atoms with Crippen LogP contribution in [-0.4, -0.2) is 35.0 Å². The predicted molar refractivity (Wildman–Crippen MR) is 110 cm³/mol. The zero-order valence-corrected chi connectivity index (χ0v) is 17.0. The van der Waals surface area contributed by atoms with E-state index in [-0.39, 0.29) is 17.3 Å². The summed E-state index contributed by atoms with van der Waals surface area (Å²) in [5.74, 6) is -0.116. The molecule has 2 aromatic carbocycles. The number of hydrogen-bond acceptors (Lipinski definition) is 4. The summed E-state index contributed by atoms with van der Waals surface area (Å²) in [5, 5.41) is 1.97. The number of unbranched alkanes of at least 4 members (excludes halogenated alkanes) is 1. The molecule has 0 unspecified atom stereocenters. The number of amides is 1. The SMILES string of the molecule is CCCCC(=O)NC[C@@H](c1ccc(N(C)C)cc1)S(=O)(=O)c1ccccc1. The fourth-order valence-electron chi connectivity index (χ4n) is 2.80. The van der Waals surface area contributed by atoms with E-state index in [1.54, 1.807) is 30.3 Å². The molecule has 0 aliphatic carbocycles. The van der Waals surface area contributed by atoms with E-state index in [0.29, 0.717) is 12.0 Å². The van der Waals surface area contributed by atoms with Gasteiger partial charge in [-0.3, -0.25) is 4.79 Å². The topological polar surface area (TPSA) is 66.5 Å². The molecule has 5 nitrogen and oxygen atoms in total. The van der Waals surface area contributed by atoms with Crippen molar-refractivity contribution < 1.29 is 13.2 Å². The molecule has 0 spiro atoms. The average molecular weight is 389 g/mol. The Balaban J connectivity index is 2.32. The molecule has 0 aliphatic heterocycles. The Hall–Kier alpha value is -2.34. The van der Waals surface area contributed by atoms with Crippen molar-refractivity contribution in [2.24, 2.45) is 0 Å². The molecule has 1 atom stereocenters. The van der Waals surface area contributed by atoms with Gasteiger partial charge in [0, 0.05) is 32.7 Å². The van der Waals surface area contributed by atoms with Crippen LogP contribution in [0.1, 0.15) is 37.0 Å². The molecule has 1 amide bonds. The molecule has 0 saturated carbocycles. The van der Waals surface area contributed by atoms with Crippen LogP contribution >= 0.6 is 0 Å². The second-order valence-corrected chi connectivity index (χ2v) is 8.87. The molecule has 2 rings (SSSR count). The highest BCUT2D eigenvalue weighted by molar-refractivity contribution is 7.91. The normalized spacial score (nSPS) is 12.4. The quantitative estimate of drug-likeness (QED) is 0.713. The summed E-state index contributed by atoms with van der Waals surface area (Å²) in [4.78, 5) is 14.2. The lowest BCUT2D eigenvalue weighted by Gasteiger charge is -2.20. The molecule has 0 aromatic heterocycles. The predicted octanol–water partition coefficient (Wildman–Crippen LogP) is 3.57. The van der Waals surface area contributed by atoms with Crippen molar-refractivity contribution in [3.63, 3.8) is 0 Å². The summed E-state index contributed by atoms with van der Waals surface area (Å²) < 4.78 is 26.4. The minimum absolute atomic E-state index is 0.0566. The molecule has 0 saturated heterocycles. The summed E-state index contributed by atoms with van der Waals surface area (Å²) in [5.41, 5.74) is 1.65. The second-order valence-electron chi connectivity index (χ2n) is 6.74. The molecule has 27 heavy (non-hydrogen) atoms. The van der Waals surface area contributed by atoms with Crippen LogP contribution < -0.4 is 10.2 Å². The van der Waals surface area contributed by atoms with Gasteiger partial charge in [-0.1, -0.05) is 43.7 Å². The third-order valence-electron chi connectivity index (χ3n) is 4.47.